The van der Waals surface area contributed by atoms with Crippen molar-refractivity contribution in [3.8, 4) is 0 Å². The Labute approximate surface area is 138 Å². The molecule has 2 N–H and O–H groups in total. The van der Waals surface area contributed by atoms with Gasteiger partial charge in [0.2, 0.25) is 0 Å². The van der Waals surface area contributed by atoms with Gasteiger partial charge >= 0.3 is 11.8 Å². The summed E-state index contributed by atoms with van der Waals surface area (Å²) in [7, 11) is 0. The van der Waals surface area contributed by atoms with E-state index in [1.54, 1.807) is 24.3 Å². The number of anilines is 1. The van der Waals surface area contributed by atoms with Crippen molar-refractivity contribution >= 4 is 29.0 Å². The second-order valence-electron chi connectivity index (χ2n) is 5.92. The van der Waals surface area contributed by atoms with Gasteiger partial charge in [0, 0.05) is 22.9 Å². The van der Waals surface area contributed by atoms with Gasteiger partial charge in [-0.2, -0.15) is 0 Å². The summed E-state index contributed by atoms with van der Waals surface area (Å²) in [5.74, 6) is -0.550. The number of nitrogens with zero attached hydrogens (tertiary/aromatic N) is 1. The van der Waals surface area contributed by atoms with Gasteiger partial charge < -0.3 is 9.84 Å². The minimum absolute atomic E-state index is 0.0331. The number of thiophene rings is 1. The molecule has 0 radical (unpaired) electrons. The van der Waals surface area contributed by atoms with Gasteiger partial charge in [0.15, 0.2) is 5.82 Å². The van der Waals surface area contributed by atoms with Crippen LogP contribution in [0.1, 0.15) is 36.3 Å². The molecule has 1 fully saturated rings. The van der Waals surface area contributed by atoms with Gasteiger partial charge in [-0.15, -0.1) is 11.3 Å². The van der Waals surface area contributed by atoms with E-state index < -0.39 is 11.8 Å². The molecule has 122 valence electrons. The Morgan fingerprint density at radius 1 is 1.35 bits per heavy atom. The van der Waals surface area contributed by atoms with Gasteiger partial charge in [0.05, 0.1) is 0 Å². The predicted molar refractivity (Wildman–Crippen MR) is 87.3 cm³/mol. The quantitative estimate of drug-likeness (QED) is 0.842. The molecule has 6 nitrogen and oxygen atoms in total. The first-order valence-corrected chi connectivity index (χ1v) is 8.53. The van der Waals surface area contributed by atoms with Crippen LogP contribution in [0.25, 0.3) is 0 Å². The lowest BCUT2D eigenvalue weighted by Crippen LogP contribution is -2.43. The van der Waals surface area contributed by atoms with Crippen molar-refractivity contribution in [1.29, 1.82) is 0 Å². The van der Waals surface area contributed by atoms with E-state index in [1.165, 1.54) is 4.88 Å². The molecular weight excluding hydrogens is 314 g/mol. The highest BCUT2D eigenvalue weighted by Crippen LogP contribution is 2.42. The maximum Gasteiger partial charge on any atom is 0.314 e. The van der Waals surface area contributed by atoms with Crippen molar-refractivity contribution < 1.29 is 14.1 Å². The molecular formula is C16H19N3O3S. The molecule has 2 aromatic rings. The summed E-state index contributed by atoms with van der Waals surface area (Å²) < 4.78 is 4.86. The molecule has 0 unspecified atom stereocenters. The van der Waals surface area contributed by atoms with E-state index in [-0.39, 0.29) is 11.2 Å². The summed E-state index contributed by atoms with van der Waals surface area (Å²) in [5, 5.41) is 10.9. The van der Waals surface area contributed by atoms with E-state index in [4.69, 9.17) is 4.52 Å². The minimum Gasteiger partial charge on any atom is -0.360 e. The van der Waals surface area contributed by atoms with Crippen molar-refractivity contribution in [3.63, 3.8) is 0 Å². The van der Waals surface area contributed by atoms with Crippen LogP contribution in [0, 0.1) is 6.92 Å². The highest BCUT2D eigenvalue weighted by molar-refractivity contribution is 7.10. The molecule has 3 rings (SSSR count). The molecule has 0 aliphatic heterocycles. The van der Waals surface area contributed by atoms with E-state index in [9.17, 15) is 9.59 Å². The number of carbonyl (C=O) groups excluding carboxylic acids is 2. The van der Waals surface area contributed by atoms with Crippen molar-refractivity contribution in [3.05, 3.63) is 34.2 Å². The third-order valence-electron chi connectivity index (χ3n) is 4.27. The Hall–Kier alpha value is -2.15. The minimum atomic E-state index is -0.724. The van der Waals surface area contributed by atoms with Crippen LogP contribution >= 0.6 is 11.3 Å². The van der Waals surface area contributed by atoms with Gasteiger partial charge in [0.25, 0.3) is 0 Å². The molecule has 0 saturated heterocycles. The van der Waals surface area contributed by atoms with E-state index in [1.807, 2.05) is 6.07 Å². The van der Waals surface area contributed by atoms with Crippen molar-refractivity contribution in [1.82, 2.24) is 10.5 Å². The van der Waals surface area contributed by atoms with E-state index >= 15 is 0 Å². The summed E-state index contributed by atoms with van der Waals surface area (Å²) in [4.78, 5) is 25.2. The summed E-state index contributed by atoms with van der Waals surface area (Å²) in [5.41, 5.74) is -0.0331. The van der Waals surface area contributed by atoms with Gasteiger partial charge in [-0.05, 0) is 31.2 Å². The predicted octanol–water partition coefficient (Wildman–Crippen LogP) is 2.61. The molecule has 0 atom stereocenters. The van der Waals surface area contributed by atoms with Crippen LogP contribution in [0.15, 0.2) is 28.1 Å². The number of aryl methyl sites for hydroxylation is 1. The van der Waals surface area contributed by atoms with E-state index in [2.05, 4.69) is 27.2 Å². The van der Waals surface area contributed by atoms with Crippen LogP contribution in [0.4, 0.5) is 5.82 Å². The first-order valence-electron chi connectivity index (χ1n) is 7.66. The molecule has 2 heterocycles. The molecule has 1 aliphatic rings. The van der Waals surface area contributed by atoms with Crippen LogP contribution < -0.4 is 10.6 Å². The van der Waals surface area contributed by atoms with E-state index in [0.717, 1.165) is 25.7 Å². The zero-order chi connectivity index (χ0) is 16.3. The first-order chi connectivity index (χ1) is 11.1. The fourth-order valence-electron chi connectivity index (χ4n) is 3.07. The monoisotopic (exact) mass is 333 g/mol. The lowest BCUT2D eigenvalue weighted by atomic mass is 9.84. The topological polar surface area (TPSA) is 84.2 Å². The third-order valence-corrected chi connectivity index (χ3v) is 5.38. The maximum absolute atomic E-state index is 12.0. The van der Waals surface area contributed by atoms with Crippen molar-refractivity contribution in [2.45, 2.75) is 38.0 Å². The number of hydrogen-bond donors (Lipinski definition) is 2. The van der Waals surface area contributed by atoms with Gasteiger partial charge in [-0.3, -0.25) is 14.9 Å². The maximum atomic E-state index is 12.0. The number of nitrogens with one attached hydrogen (secondary N) is 2. The first kappa shape index (κ1) is 15.7. The summed E-state index contributed by atoms with van der Waals surface area (Å²) in [6, 6.07) is 5.71. The standard InChI is InChI=1S/C16H19N3O3S/c1-11-9-13(19-22-11)18-15(21)14(20)17-10-16(6-2-3-7-16)12-5-4-8-23-12/h4-5,8-9H,2-3,6-7,10H2,1H3,(H,17,20)(H,18,19,21). The number of aromatic nitrogens is 1. The van der Waals surface area contributed by atoms with Gasteiger partial charge in [0.1, 0.15) is 5.76 Å². The normalized spacial score (nSPS) is 16.2. The molecule has 0 spiro atoms. The van der Waals surface area contributed by atoms with Crippen LogP contribution in [0.3, 0.4) is 0 Å². The molecule has 7 heteroatoms. The Balaban J connectivity index is 1.60. The molecule has 0 bridgehead atoms. The molecule has 2 aromatic heterocycles. The molecule has 2 amide bonds. The molecule has 23 heavy (non-hydrogen) atoms. The second-order valence-corrected chi connectivity index (χ2v) is 6.87. The fourth-order valence-corrected chi connectivity index (χ4v) is 4.06. The van der Waals surface area contributed by atoms with Crippen molar-refractivity contribution in [2.24, 2.45) is 0 Å². The van der Waals surface area contributed by atoms with Crippen LogP contribution in [-0.2, 0) is 15.0 Å². The highest BCUT2D eigenvalue weighted by Gasteiger charge is 2.37. The fraction of sp³-hybridized carbons (Fsp3) is 0.438. The van der Waals surface area contributed by atoms with Crippen molar-refractivity contribution in [2.75, 3.05) is 11.9 Å². The third kappa shape index (κ3) is 3.44. The highest BCUT2D eigenvalue weighted by atomic mass is 32.1. The molecule has 1 aliphatic carbocycles. The Kier molecular flexibility index (Phi) is 4.47. The van der Waals surface area contributed by atoms with Crippen LogP contribution in [-0.4, -0.2) is 23.5 Å². The lowest BCUT2D eigenvalue weighted by molar-refractivity contribution is -0.136. The largest absolute Gasteiger partial charge is 0.360 e. The molecule has 0 aromatic carbocycles. The average molecular weight is 333 g/mol. The summed E-state index contributed by atoms with van der Waals surface area (Å²) in [6.07, 6.45) is 4.38. The van der Waals surface area contributed by atoms with Crippen LogP contribution in [0.2, 0.25) is 0 Å². The van der Waals surface area contributed by atoms with Gasteiger partial charge in [-0.1, -0.05) is 24.1 Å². The number of carbonyl (C=O) groups is 2. The Morgan fingerprint density at radius 2 is 2.13 bits per heavy atom. The van der Waals surface area contributed by atoms with Crippen LogP contribution in [0.5, 0.6) is 0 Å². The second kappa shape index (κ2) is 6.54. The smallest absolute Gasteiger partial charge is 0.314 e. The summed E-state index contributed by atoms with van der Waals surface area (Å²) >= 11 is 1.71. The SMILES string of the molecule is Cc1cc(NC(=O)C(=O)NCC2(c3cccs3)CCCC2)no1. The summed E-state index contributed by atoms with van der Waals surface area (Å²) in [6.45, 7) is 2.20. The van der Waals surface area contributed by atoms with E-state index in [0.29, 0.717) is 12.3 Å². The zero-order valence-corrected chi connectivity index (χ0v) is 13.7. The molecule has 1 saturated carbocycles. The number of amides is 2. The zero-order valence-electron chi connectivity index (χ0n) is 12.9. The Morgan fingerprint density at radius 3 is 2.74 bits per heavy atom. The Bertz CT molecular complexity index is 687. The van der Waals surface area contributed by atoms with Gasteiger partial charge in [-0.25, -0.2) is 0 Å². The lowest BCUT2D eigenvalue weighted by Gasteiger charge is -2.28. The number of hydrogen-bond acceptors (Lipinski definition) is 5. The average Bonchev–Trinajstić information content (AvgIpc) is 3.26. The number of rotatable bonds is 4.